The summed E-state index contributed by atoms with van der Waals surface area (Å²) < 4.78 is 26.3. The number of carboxylic acids is 1. The Labute approximate surface area is 124 Å². The summed E-state index contributed by atoms with van der Waals surface area (Å²) in [6, 6.07) is 10.7. The van der Waals surface area contributed by atoms with E-state index in [9.17, 15) is 18.7 Å². The predicted molar refractivity (Wildman–Crippen MR) is 76.3 cm³/mol. The van der Waals surface area contributed by atoms with Crippen molar-refractivity contribution in [1.82, 2.24) is 10.2 Å². The first-order valence-corrected chi connectivity index (χ1v) is 6.39. The first-order valence-electron chi connectivity index (χ1n) is 6.39. The van der Waals surface area contributed by atoms with E-state index in [1.807, 2.05) is 0 Å². The fraction of sp³-hybridized carbons (Fsp3) is 0. The topological polar surface area (TPSA) is 66.0 Å². The van der Waals surface area contributed by atoms with Gasteiger partial charge < -0.3 is 5.11 Å². The van der Waals surface area contributed by atoms with Crippen LogP contribution in [0.2, 0.25) is 0 Å². The molecule has 110 valence electrons. The molecule has 0 aliphatic carbocycles. The van der Waals surface area contributed by atoms with Crippen LogP contribution in [0.15, 0.2) is 48.5 Å². The van der Waals surface area contributed by atoms with Crippen molar-refractivity contribution < 1.29 is 18.7 Å². The molecule has 0 atom stereocenters. The lowest BCUT2D eigenvalue weighted by atomic mass is 10.0. The van der Waals surface area contributed by atoms with E-state index < -0.39 is 11.8 Å². The molecule has 0 fully saturated rings. The van der Waals surface area contributed by atoms with Gasteiger partial charge in [-0.3, -0.25) is 5.10 Å². The monoisotopic (exact) mass is 300 g/mol. The summed E-state index contributed by atoms with van der Waals surface area (Å²) in [5.41, 5.74) is 1.70. The number of hydrogen-bond donors (Lipinski definition) is 2. The van der Waals surface area contributed by atoms with Crippen molar-refractivity contribution in [3.8, 4) is 22.5 Å². The Balaban J connectivity index is 2.06. The third kappa shape index (κ3) is 2.58. The third-order valence-electron chi connectivity index (χ3n) is 3.22. The van der Waals surface area contributed by atoms with Gasteiger partial charge >= 0.3 is 5.97 Å². The molecule has 0 amide bonds. The van der Waals surface area contributed by atoms with Crippen molar-refractivity contribution in [2.45, 2.75) is 0 Å². The number of aromatic nitrogens is 2. The molecule has 1 heterocycles. The number of halogens is 2. The van der Waals surface area contributed by atoms with E-state index in [1.165, 1.54) is 18.2 Å². The summed E-state index contributed by atoms with van der Waals surface area (Å²) in [6.07, 6.45) is 0. The summed E-state index contributed by atoms with van der Waals surface area (Å²) in [7, 11) is 0. The standard InChI is InChI=1S/C16H10F2N2O2/c17-10-3-1-9(2-4-10)14-8-15(20-19-14)13-7-11(18)5-6-12(13)16(21)22/h1-8H,(H,19,20)(H,21,22). The maximum atomic E-state index is 13.4. The van der Waals surface area contributed by atoms with E-state index in [0.717, 1.165) is 12.1 Å². The normalized spacial score (nSPS) is 10.6. The van der Waals surface area contributed by atoms with E-state index in [4.69, 9.17) is 0 Å². The fourth-order valence-electron chi connectivity index (χ4n) is 2.15. The highest BCUT2D eigenvalue weighted by atomic mass is 19.1. The largest absolute Gasteiger partial charge is 0.478 e. The molecule has 0 aliphatic heterocycles. The second kappa shape index (κ2) is 5.40. The van der Waals surface area contributed by atoms with Crippen LogP contribution in [0.5, 0.6) is 0 Å². The van der Waals surface area contributed by atoms with Crippen LogP contribution in [0.25, 0.3) is 22.5 Å². The first kappa shape index (κ1) is 13.9. The van der Waals surface area contributed by atoms with Crippen molar-refractivity contribution in [2.75, 3.05) is 0 Å². The average Bonchev–Trinajstić information content (AvgIpc) is 2.97. The second-order valence-electron chi connectivity index (χ2n) is 4.67. The quantitative estimate of drug-likeness (QED) is 0.774. The van der Waals surface area contributed by atoms with Gasteiger partial charge in [0, 0.05) is 5.56 Å². The molecule has 3 rings (SSSR count). The van der Waals surface area contributed by atoms with Gasteiger partial charge in [0.05, 0.1) is 17.0 Å². The average molecular weight is 300 g/mol. The molecule has 0 saturated heterocycles. The van der Waals surface area contributed by atoms with Gasteiger partial charge in [-0.25, -0.2) is 13.6 Å². The number of hydrogen-bond acceptors (Lipinski definition) is 2. The van der Waals surface area contributed by atoms with Crippen LogP contribution in [0, 0.1) is 11.6 Å². The van der Waals surface area contributed by atoms with Crippen LogP contribution in [-0.4, -0.2) is 21.3 Å². The van der Waals surface area contributed by atoms with Crippen molar-refractivity contribution in [1.29, 1.82) is 0 Å². The molecule has 0 radical (unpaired) electrons. The lowest BCUT2D eigenvalue weighted by Gasteiger charge is -2.02. The summed E-state index contributed by atoms with van der Waals surface area (Å²) in [5.74, 6) is -2.07. The number of nitrogens with zero attached hydrogens (tertiary/aromatic N) is 1. The Bertz CT molecular complexity index is 842. The van der Waals surface area contributed by atoms with Crippen LogP contribution in [0.1, 0.15) is 10.4 Å². The molecule has 0 saturated carbocycles. The Hall–Kier alpha value is -3.02. The van der Waals surface area contributed by atoms with E-state index in [-0.39, 0.29) is 16.9 Å². The smallest absolute Gasteiger partial charge is 0.336 e. The lowest BCUT2D eigenvalue weighted by molar-refractivity contribution is 0.0697. The highest BCUT2D eigenvalue weighted by Gasteiger charge is 2.15. The lowest BCUT2D eigenvalue weighted by Crippen LogP contribution is -2.00. The SMILES string of the molecule is O=C(O)c1ccc(F)cc1-c1cc(-c2ccc(F)cc2)[nH]n1. The fourth-order valence-corrected chi connectivity index (χ4v) is 2.15. The Kier molecular flexibility index (Phi) is 3.42. The van der Waals surface area contributed by atoms with Crippen LogP contribution in [0.3, 0.4) is 0 Å². The van der Waals surface area contributed by atoms with Crippen LogP contribution >= 0.6 is 0 Å². The first-order chi connectivity index (χ1) is 10.5. The van der Waals surface area contributed by atoms with Crippen LogP contribution in [-0.2, 0) is 0 Å². The van der Waals surface area contributed by atoms with Gasteiger partial charge in [0.1, 0.15) is 11.6 Å². The number of aromatic amines is 1. The molecule has 0 bridgehead atoms. The maximum Gasteiger partial charge on any atom is 0.336 e. The number of aromatic carboxylic acids is 1. The van der Waals surface area contributed by atoms with Gasteiger partial charge in [0.15, 0.2) is 0 Å². The summed E-state index contributed by atoms with van der Waals surface area (Å²) >= 11 is 0. The van der Waals surface area contributed by atoms with Crippen molar-refractivity contribution in [2.24, 2.45) is 0 Å². The molecular weight excluding hydrogens is 290 g/mol. The number of carboxylic acid groups (broad SMARTS) is 1. The number of benzene rings is 2. The van der Waals surface area contributed by atoms with E-state index in [0.29, 0.717) is 17.0 Å². The molecule has 4 nitrogen and oxygen atoms in total. The van der Waals surface area contributed by atoms with Crippen molar-refractivity contribution in [3.63, 3.8) is 0 Å². The van der Waals surface area contributed by atoms with Crippen molar-refractivity contribution in [3.05, 3.63) is 65.7 Å². The Morgan fingerprint density at radius 2 is 1.68 bits per heavy atom. The molecule has 0 spiro atoms. The molecule has 1 aromatic heterocycles. The summed E-state index contributed by atoms with van der Waals surface area (Å²) in [4.78, 5) is 11.2. The third-order valence-corrected chi connectivity index (χ3v) is 3.22. The summed E-state index contributed by atoms with van der Waals surface area (Å²) in [5, 5.41) is 15.9. The minimum Gasteiger partial charge on any atom is -0.478 e. The zero-order valence-corrected chi connectivity index (χ0v) is 11.2. The molecule has 0 aliphatic rings. The van der Waals surface area contributed by atoms with E-state index in [2.05, 4.69) is 10.2 Å². The van der Waals surface area contributed by atoms with E-state index in [1.54, 1.807) is 18.2 Å². The molecule has 6 heteroatoms. The zero-order valence-electron chi connectivity index (χ0n) is 11.2. The zero-order chi connectivity index (χ0) is 15.7. The second-order valence-corrected chi connectivity index (χ2v) is 4.67. The van der Waals surface area contributed by atoms with Crippen LogP contribution in [0.4, 0.5) is 8.78 Å². The number of nitrogens with one attached hydrogen (secondary N) is 1. The minimum atomic E-state index is -1.17. The van der Waals surface area contributed by atoms with Gasteiger partial charge in [0.2, 0.25) is 0 Å². The predicted octanol–water partition coefficient (Wildman–Crippen LogP) is 3.72. The van der Waals surface area contributed by atoms with Gasteiger partial charge in [-0.2, -0.15) is 5.10 Å². The van der Waals surface area contributed by atoms with Crippen LogP contribution < -0.4 is 0 Å². The van der Waals surface area contributed by atoms with Gasteiger partial charge in [-0.05, 0) is 54.1 Å². The molecule has 3 aromatic rings. The van der Waals surface area contributed by atoms with Crippen molar-refractivity contribution >= 4 is 5.97 Å². The number of carbonyl (C=O) groups is 1. The number of H-pyrrole nitrogens is 1. The Morgan fingerprint density at radius 3 is 2.36 bits per heavy atom. The Morgan fingerprint density at radius 1 is 1.00 bits per heavy atom. The number of rotatable bonds is 3. The minimum absolute atomic E-state index is 0.0430. The summed E-state index contributed by atoms with van der Waals surface area (Å²) in [6.45, 7) is 0. The van der Waals surface area contributed by atoms with Gasteiger partial charge in [-0.15, -0.1) is 0 Å². The van der Waals surface area contributed by atoms with E-state index >= 15 is 0 Å². The highest BCUT2D eigenvalue weighted by Crippen LogP contribution is 2.27. The molecule has 0 unspecified atom stereocenters. The highest BCUT2D eigenvalue weighted by molar-refractivity contribution is 5.95. The van der Waals surface area contributed by atoms with Gasteiger partial charge in [0.25, 0.3) is 0 Å². The maximum absolute atomic E-state index is 13.4. The molecule has 2 N–H and O–H groups in total. The molecular formula is C16H10F2N2O2. The molecule has 22 heavy (non-hydrogen) atoms. The molecule has 2 aromatic carbocycles. The van der Waals surface area contributed by atoms with Gasteiger partial charge in [-0.1, -0.05) is 0 Å².